The number of ether oxygens (including phenoxy) is 1. The molecular weight excluding hydrogens is 338 g/mol. The second kappa shape index (κ2) is 9.50. The van der Waals surface area contributed by atoms with Gasteiger partial charge in [0.1, 0.15) is 12.3 Å². The highest BCUT2D eigenvalue weighted by molar-refractivity contribution is 5.95. The SMILES string of the molecule is CCOc1ccccc1NC(=O)[C@@H]([NH2+]Cc1ccccn1)c1ccccc1. The van der Waals surface area contributed by atoms with Crippen LogP contribution in [0.2, 0.25) is 0 Å². The number of pyridine rings is 1. The Kier molecular flexibility index (Phi) is 6.55. The maximum absolute atomic E-state index is 13.1. The Hall–Kier alpha value is -3.18. The number of nitrogens with two attached hydrogens (primary N) is 1. The van der Waals surface area contributed by atoms with Gasteiger partial charge >= 0.3 is 0 Å². The summed E-state index contributed by atoms with van der Waals surface area (Å²) >= 11 is 0. The largest absolute Gasteiger partial charge is 0.492 e. The predicted molar refractivity (Wildman–Crippen MR) is 105 cm³/mol. The zero-order valence-electron chi connectivity index (χ0n) is 15.3. The van der Waals surface area contributed by atoms with Crippen LogP contribution in [0.25, 0.3) is 0 Å². The van der Waals surface area contributed by atoms with Gasteiger partial charge in [0.2, 0.25) is 0 Å². The highest BCUT2D eigenvalue weighted by Gasteiger charge is 2.25. The van der Waals surface area contributed by atoms with Gasteiger partial charge in [0, 0.05) is 11.8 Å². The molecule has 0 saturated carbocycles. The Morgan fingerprint density at radius 1 is 1.04 bits per heavy atom. The van der Waals surface area contributed by atoms with Gasteiger partial charge in [-0.2, -0.15) is 0 Å². The van der Waals surface area contributed by atoms with Gasteiger partial charge in [0.15, 0.2) is 6.04 Å². The second-order valence-corrected chi connectivity index (χ2v) is 6.07. The molecule has 3 aromatic rings. The van der Waals surface area contributed by atoms with E-state index >= 15 is 0 Å². The van der Waals surface area contributed by atoms with Crippen molar-refractivity contribution in [3.8, 4) is 5.75 Å². The van der Waals surface area contributed by atoms with Crippen molar-refractivity contribution in [3.63, 3.8) is 0 Å². The van der Waals surface area contributed by atoms with Crippen LogP contribution in [0.5, 0.6) is 5.75 Å². The van der Waals surface area contributed by atoms with Crippen LogP contribution in [-0.2, 0) is 11.3 Å². The summed E-state index contributed by atoms with van der Waals surface area (Å²) in [6, 6.07) is 22.7. The summed E-state index contributed by atoms with van der Waals surface area (Å²) in [6.07, 6.45) is 1.76. The molecule has 2 aromatic carbocycles. The van der Waals surface area contributed by atoms with Crippen molar-refractivity contribution in [1.29, 1.82) is 0 Å². The Morgan fingerprint density at radius 3 is 2.52 bits per heavy atom. The first-order valence-corrected chi connectivity index (χ1v) is 9.09. The maximum Gasteiger partial charge on any atom is 0.287 e. The molecule has 5 nitrogen and oxygen atoms in total. The lowest BCUT2D eigenvalue weighted by atomic mass is 10.1. The molecule has 1 heterocycles. The number of hydrogen-bond acceptors (Lipinski definition) is 3. The molecule has 0 aliphatic carbocycles. The summed E-state index contributed by atoms with van der Waals surface area (Å²) < 4.78 is 5.62. The van der Waals surface area contributed by atoms with E-state index in [1.165, 1.54) is 0 Å². The monoisotopic (exact) mass is 362 g/mol. The fourth-order valence-electron chi connectivity index (χ4n) is 2.87. The molecular formula is C22H24N3O2+. The predicted octanol–water partition coefficient (Wildman–Crippen LogP) is 2.92. The lowest BCUT2D eigenvalue weighted by Crippen LogP contribution is -2.86. The number of benzene rings is 2. The summed E-state index contributed by atoms with van der Waals surface area (Å²) in [5.41, 5.74) is 2.55. The number of anilines is 1. The number of quaternary nitrogens is 1. The smallest absolute Gasteiger partial charge is 0.287 e. The third-order valence-corrected chi connectivity index (χ3v) is 4.17. The van der Waals surface area contributed by atoms with Crippen LogP contribution in [0.15, 0.2) is 79.0 Å². The third-order valence-electron chi connectivity index (χ3n) is 4.17. The number of rotatable bonds is 8. The number of nitrogens with zero attached hydrogens (tertiary/aromatic N) is 1. The lowest BCUT2D eigenvalue weighted by Gasteiger charge is -2.17. The van der Waals surface area contributed by atoms with Crippen molar-refractivity contribution < 1.29 is 14.8 Å². The van der Waals surface area contributed by atoms with Gasteiger partial charge in [-0.3, -0.25) is 9.78 Å². The van der Waals surface area contributed by atoms with Crippen molar-refractivity contribution in [2.75, 3.05) is 11.9 Å². The van der Waals surface area contributed by atoms with E-state index in [0.717, 1.165) is 11.3 Å². The fraction of sp³-hybridized carbons (Fsp3) is 0.182. The topological polar surface area (TPSA) is 67.8 Å². The number of nitrogens with one attached hydrogen (secondary N) is 1. The van der Waals surface area contributed by atoms with E-state index in [0.29, 0.717) is 24.6 Å². The zero-order chi connectivity index (χ0) is 18.9. The molecule has 3 N–H and O–H groups in total. The van der Waals surface area contributed by atoms with E-state index in [1.807, 2.05) is 85.0 Å². The van der Waals surface area contributed by atoms with Gasteiger partial charge in [-0.05, 0) is 31.2 Å². The minimum atomic E-state index is -0.386. The van der Waals surface area contributed by atoms with Crippen LogP contribution in [0.4, 0.5) is 5.69 Å². The highest BCUT2D eigenvalue weighted by Crippen LogP contribution is 2.24. The number of amides is 1. The van der Waals surface area contributed by atoms with Crippen LogP contribution in [0, 0.1) is 0 Å². The molecule has 1 aromatic heterocycles. The van der Waals surface area contributed by atoms with E-state index in [-0.39, 0.29) is 11.9 Å². The standard InChI is InChI=1S/C22H23N3O2/c1-2-27-20-14-7-6-13-19(20)25-22(26)21(17-10-4-3-5-11-17)24-16-18-12-8-9-15-23-18/h3-15,21,24H,2,16H2,1H3,(H,25,26)/p+1/t21-/m0/s1. The molecule has 0 fully saturated rings. The first-order valence-electron chi connectivity index (χ1n) is 9.09. The molecule has 27 heavy (non-hydrogen) atoms. The van der Waals surface area contributed by atoms with E-state index in [2.05, 4.69) is 10.3 Å². The van der Waals surface area contributed by atoms with Gasteiger partial charge in [-0.1, -0.05) is 48.5 Å². The number of aromatic nitrogens is 1. The molecule has 0 aliphatic heterocycles. The maximum atomic E-state index is 13.1. The van der Waals surface area contributed by atoms with Gasteiger partial charge in [0.05, 0.1) is 18.0 Å². The Balaban J connectivity index is 1.79. The van der Waals surface area contributed by atoms with Crippen molar-refractivity contribution in [2.24, 2.45) is 0 Å². The zero-order valence-corrected chi connectivity index (χ0v) is 15.3. The molecule has 1 amide bonds. The van der Waals surface area contributed by atoms with Gasteiger partial charge in [0.25, 0.3) is 5.91 Å². The summed E-state index contributed by atoms with van der Waals surface area (Å²) in [6.45, 7) is 3.08. The van der Waals surface area contributed by atoms with E-state index < -0.39 is 0 Å². The number of carbonyl (C=O) groups is 1. The third kappa shape index (κ3) is 5.15. The van der Waals surface area contributed by atoms with Crippen LogP contribution in [-0.4, -0.2) is 17.5 Å². The number of para-hydroxylation sites is 2. The summed E-state index contributed by atoms with van der Waals surface area (Å²) in [4.78, 5) is 17.4. The molecule has 0 radical (unpaired) electrons. The van der Waals surface area contributed by atoms with Crippen LogP contribution in [0.1, 0.15) is 24.2 Å². The quantitative estimate of drug-likeness (QED) is 0.647. The first-order chi connectivity index (χ1) is 13.3. The van der Waals surface area contributed by atoms with Crippen molar-refractivity contribution in [3.05, 3.63) is 90.3 Å². The van der Waals surface area contributed by atoms with Gasteiger partial charge in [-0.15, -0.1) is 0 Å². The molecule has 138 valence electrons. The summed E-state index contributed by atoms with van der Waals surface area (Å²) in [5, 5.41) is 5.01. The molecule has 0 unspecified atom stereocenters. The van der Waals surface area contributed by atoms with Crippen LogP contribution < -0.4 is 15.4 Å². The molecule has 3 rings (SSSR count). The average Bonchev–Trinajstić information content (AvgIpc) is 2.71. The molecule has 5 heteroatoms. The van der Waals surface area contributed by atoms with Crippen LogP contribution in [0.3, 0.4) is 0 Å². The molecule has 1 atom stereocenters. The second-order valence-electron chi connectivity index (χ2n) is 6.07. The Labute approximate surface area is 159 Å². The fourth-order valence-corrected chi connectivity index (χ4v) is 2.87. The minimum Gasteiger partial charge on any atom is -0.492 e. The van der Waals surface area contributed by atoms with Crippen molar-refractivity contribution in [1.82, 2.24) is 4.98 Å². The normalized spacial score (nSPS) is 11.6. The molecule has 0 aliphatic rings. The van der Waals surface area contributed by atoms with Crippen LogP contribution >= 0.6 is 0 Å². The highest BCUT2D eigenvalue weighted by atomic mass is 16.5. The number of hydrogen-bond donors (Lipinski definition) is 2. The summed E-state index contributed by atoms with van der Waals surface area (Å²) in [7, 11) is 0. The average molecular weight is 362 g/mol. The number of carbonyl (C=O) groups excluding carboxylic acids is 1. The van der Waals surface area contributed by atoms with E-state index in [4.69, 9.17) is 4.74 Å². The van der Waals surface area contributed by atoms with E-state index in [9.17, 15) is 4.79 Å². The van der Waals surface area contributed by atoms with Gasteiger partial charge in [-0.25, -0.2) is 0 Å². The Morgan fingerprint density at radius 2 is 1.78 bits per heavy atom. The molecule has 0 saturated heterocycles. The van der Waals surface area contributed by atoms with Crippen molar-refractivity contribution in [2.45, 2.75) is 19.5 Å². The summed E-state index contributed by atoms with van der Waals surface area (Å²) in [5.74, 6) is 0.578. The van der Waals surface area contributed by atoms with E-state index in [1.54, 1.807) is 6.20 Å². The first kappa shape index (κ1) is 18.6. The lowest BCUT2D eigenvalue weighted by molar-refractivity contribution is -0.698. The Bertz CT molecular complexity index is 854. The molecule has 0 spiro atoms. The molecule has 0 bridgehead atoms. The van der Waals surface area contributed by atoms with Gasteiger partial charge < -0.3 is 15.4 Å². The minimum absolute atomic E-state index is 0.0933. The van der Waals surface area contributed by atoms with Crippen molar-refractivity contribution >= 4 is 11.6 Å².